The summed E-state index contributed by atoms with van der Waals surface area (Å²) in [6, 6.07) is 3.80. The molecule has 2 aromatic rings. The molecule has 24 heavy (non-hydrogen) atoms. The lowest BCUT2D eigenvalue weighted by molar-refractivity contribution is 0.0923. The number of aryl methyl sites for hydroxylation is 1. The SMILES string of the molecule is CN(C)c1cc(N2CCC[C@@H](NC(=O)c3ccnn3C)C2)ncn1. The van der Waals surface area contributed by atoms with Crippen LogP contribution in [0.25, 0.3) is 0 Å². The van der Waals surface area contributed by atoms with Gasteiger partial charge < -0.3 is 15.1 Å². The first-order valence-corrected chi connectivity index (χ1v) is 8.08. The van der Waals surface area contributed by atoms with Gasteiger partial charge in [0.05, 0.1) is 0 Å². The van der Waals surface area contributed by atoms with Gasteiger partial charge in [-0.2, -0.15) is 5.10 Å². The Morgan fingerprint density at radius 1 is 1.38 bits per heavy atom. The first-order chi connectivity index (χ1) is 11.5. The molecule has 0 spiro atoms. The molecule has 1 N–H and O–H groups in total. The maximum absolute atomic E-state index is 12.4. The zero-order chi connectivity index (χ0) is 17.1. The number of piperidine rings is 1. The van der Waals surface area contributed by atoms with Crippen LogP contribution in [0.1, 0.15) is 23.3 Å². The maximum Gasteiger partial charge on any atom is 0.269 e. The summed E-state index contributed by atoms with van der Waals surface area (Å²) in [4.78, 5) is 25.2. The predicted molar refractivity (Wildman–Crippen MR) is 92.3 cm³/mol. The molecule has 0 bridgehead atoms. The van der Waals surface area contributed by atoms with Crippen molar-refractivity contribution in [2.45, 2.75) is 18.9 Å². The summed E-state index contributed by atoms with van der Waals surface area (Å²) in [5, 5.41) is 7.15. The molecule has 2 aromatic heterocycles. The Hall–Kier alpha value is -2.64. The van der Waals surface area contributed by atoms with E-state index in [0.29, 0.717) is 5.69 Å². The van der Waals surface area contributed by atoms with Gasteiger partial charge in [0, 0.05) is 52.5 Å². The van der Waals surface area contributed by atoms with E-state index in [9.17, 15) is 4.79 Å². The highest BCUT2D eigenvalue weighted by Gasteiger charge is 2.24. The number of nitrogens with zero attached hydrogens (tertiary/aromatic N) is 6. The van der Waals surface area contributed by atoms with Crippen LogP contribution in [0.5, 0.6) is 0 Å². The van der Waals surface area contributed by atoms with Crippen LogP contribution in [0.2, 0.25) is 0 Å². The van der Waals surface area contributed by atoms with E-state index >= 15 is 0 Å². The molecule has 1 aliphatic heterocycles. The van der Waals surface area contributed by atoms with E-state index in [-0.39, 0.29) is 11.9 Å². The lowest BCUT2D eigenvalue weighted by Crippen LogP contribution is -2.48. The van der Waals surface area contributed by atoms with Crippen LogP contribution in [-0.4, -0.2) is 58.9 Å². The van der Waals surface area contributed by atoms with E-state index in [2.05, 4.69) is 25.3 Å². The lowest BCUT2D eigenvalue weighted by Gasteiger charge is -2.34. The standard InChI is InChI=1S/C16H23N7O/c1-21(2)14-9-15(18-11-17-14)23-8-4-5-12(10-23)20-16(24)13-6-7-19-22(13)3/h6-7,9,11-12H,4-5,8,10H2,1-3H3,(H,20,24)/t12-/m1/s1. The number of rotatable bonds is 4. The summed E-state index contributed by atoms with van der Waals surface area (Å²) in [5.41, 5.74) is 0.573. The van der Waals surface area contributed by atoms with E-state index < -0.39 is 0 Å². The van der Waals surface area contributed by atoms with E-state index in [1.54, 1.807) is 30.3 Å². The van der Waals surface area contributed by atoms with Gasteiger partial charge >= 0.3 is 0 Å². The van der Waals surface area contributed by atoms with Crippen molar-refractivity contribution >= 4 is 17.5 Å². The third-order valence-corrected chi connectivity index (χ3v) is 4.23. The van der Waals surface area contributed by atoms with Crippen LogP contribution < -0.4 is 15.1 Å². The number of carbonyl (C=O) groups excluding carboxylic acids is 1. The fourth-order valence-electron chi connectivity index (χ4n) is 2.91. The first-order valence-electron chi connectivity index (χ1n) is 8.08. The summed E-state index contributed by atoms with van der Waals surface area (Å²) >= 11 is 0. The largest absolute Gasteiger partial charge is 0.363 e. The Labute approximate surface area is 141 Å². The average Bonchev–Trinajstić information content (AvgIpc) is 3.01. The summed E-state index contributed by atoms with van der Waals surface area (Å²) < 4.78 is 1.59. The third-order valence-electron chi connectivity index (χ3n) is 4.23. The molecule has 0 saturated carbocycles. The molecular formula is C16H23N7O. The summed E-state index contributed by atoms with van der Waals surface area (Å²) in [6.07, 6.45) is 5.19. The van der Waals surface area contributed by atoms with Crippen LogP contribution in [0.3, 0.4) is 0 Å². The molecule has 3 heterocycles. The van der Waals surface area contributed by atoms with Crippen molar-refractivity contribution in [3.8, 4) is 0 Å². The second-order valence-electron chi connectivity index (χ2n) is 6.23. The fraction of sp³-hybridized carbons (Fsp3) is 0.500. The highest BCUT2D eigenvalue weighted by Crippen LogP contribution is 2.20. The van der Waals surface area contributed by atoms with E-state index in [1.165, 1.54) is 0 Å². The van der Waals surface area contributed by atoms with Gasteiger partial charge in [-0.3, -0.25) is 9.48 Å². The summed E-state index contributed by atoms with van der Waals surface area (Å²) in [6.45, 7) is 1.68. The zero-order valence-electron chi connectivity index (χ0n) is 14.3. The molecule has 0 aliphatic carbocycles. The molecule has 1 fully saturated rings. The van der Waals surface area contributed by atoms with Crippen molar-refractivity contribution in [3.05, 3.63) is 30.4 Å². The molecule has 128 valence electrons. The van der Waals surface area contributed by atoms with Crippen molar-refractivity contribution in [3.63, 3.8) is 0 Å². The number of anilines is 2. The Bertz CT molecular complexity index is 712. The quantitative estimate of drug-likeness (QED) is 0.888. The number of aromatic nitrogens is 4. The molecule has 8 heteroatoms. The number of nitrogens with one attached hydrogen (secondary N) is 1. The maximum atomic E-state index is 12.4. The van der Waals surface area contributed by atoms with Crippen LogP contribution in [0.15, 0.2) is 24.7 Å². The predicted octanol–water partition coefficient (Wildman–Crippen LogP) is 0.675. The molecule has 8 nitrogen and oxygen atoms in total. The topological polar surface area (TPSA) is 79.2 Å². The van der Waals surface area contributed by atoms with E-state index in [4.69, 9.17) is 0 Å². The van der Waals surface area contributed by atoms with Crippen molar-refractivity contribution in [1.82, 2.24) is 25.1 Å². The zero-order valence-corrected chi connectivity index (χ0v) is 14.3. The Morgan fingerprint density at radius 2 is 2.21 bits per heavy atom. The van der Waals surface area contributed by atoms with Gasteiger partial charge in [0.1, 0.15) is 23.7 Å². The Kier molecular flexibility index (Phi) is 4.64. The highest BCUT2D eigenvalue weighted by atomic mass is 16.2. The van der Waals surface area contributed by atoms with E-state index in [0.717, 1.165) is 37.6 Å². The van der Waals surface area contributed by atoms with Gasteiger partial charge in [-0.15, -0.1) is 0 Å². The van der Waals surface area contributed by atoms with Crippen LogP contribution >= 0.6 is 0 Å². The van der Waals surface area contributed by atoms with Crippen molar-refractivity contribution in [2.75, 3.05) is 37.0 Å². The first kappa shape index (κ1) is 16.2. The van der Waals surface area contributed by atoms with Gasteiger partial charge in [-0.1, -0.05) is 0 Å². The third kappa shape index (κ3) is 3.47. The summed E-state index contributed by atoms with van der Waals surface area (Å²) in [7, 11) is 5.68. The molecule has 1 atom stereocenters. The molecule has 1 amide bonds. The number of amides is 1. The fourth-order valence-corrected chi connectivity index (χ4v) is 2.91. The minimum absolute atomic E-state index is 0.0847. The van der Waals surface area contributed by atoms with Crippen LogP contribution in [-0.2, 0) is 7.05 Å². The highest BCUT2D eigenvalue weighted by molar-refractivity contribution is 5.92. The van der Waals surface area contributed by atoms with Gasteiger partial charge in [0.25, 0.3) is 5.91 Å². The van der Waals surface area contributed by atoms with Gasteiger partial charge in [0.2, 0.25) is 0 Å². The second kappa shape index (κ2) is 6.86. The van der Waals surface area contributed by atoms with Crippen molar-refractivity contribution in [2.24, 2.45) is 7.05 Å². The molecule has 1 aliphatic rings. The molecule has 0 aromatic carbocycles. The number of hydrogen-bond donors (Lipinski definition) is 1. The van der Waals surface area contributed by atoms with Gasteiger partial charge in [-0.25, -0.2) is 9.97 Å². The normalized spacial score (nSPS) is 17.6. The molecule has 3 rings (SSSR count). The average molecular weight is 329 g/mol. The lowest BCUT2D eigenvalue weighted by atomic mass is 10.1. The Balaban J connectivity index is 1.67. The Morgan fingerprint density at radius 3 is 2.92 bits per heavy atom. The van der Waals surface area contributed by atoms with Crippen molar-refractivity contribution in [1.29, 1.82) is 0 Å². The smallest absolute Gasteiger partial charge is 0.269 e. The number of carbonyl (C=O) groups is 1. The van der Waals surface area contributed by atoms with Crippen molar-refractivity contribution < 1.29 is 4.79 Å². The van der Waals surface area contributed by atoms with E-state index in [1.807, 2.05) is 25.1 Å². The molecule has 0 unspecified atom stereocenters. The van der Waals surface area contributed by atoms with Crippen LogP contribution in [0, 0.1) is 0 Å². The monoisotopic (exact) mass is 329 g/mol. The number of hydrogen-bond acceptors (Lipinski definition) is 6. The van der Waals surface area contributed by atoms with Gasteiger partial charge in [0.15, 0.2) is 0 Å². The second-order valence-corrected chi connectivity index (χ2v) is 6.23. The molecule has 1 saturated heterocycles. The van der Waals surface area contributed by atoms with Crippen LogP contribution in [0.4, 0.5) is 11.6 Å². The molecular weight excluding hydrogens is 306 g/mol. The molecule has 0 radical (unpaired) electrons. The minimum Gasteiger partial charge on any atom is -0.363 e. The summed E-state index contributed by atoms with van der Waals surface area (Å²) in [5.74, 6) is 1.69. The van der Waals surface area contributed by atoms with Gasteiger partial charge in [-0.05, 0) is 18.9 Å². The minimum atomic E-state index is -0.0847.